The fourth-order valence-corrected chi connectivity index (χ4v) is 2.51. The molecule has 2 N–H and O–H groups in total. The molecule has 2 rings (SSSR count). The predicted octanol–water partition coefficient (Wildman–Crippen LogP) is 4.57. The zero-order valence-corrected chi connectivity index (χ0v) is 13.3. The molecule has 0 heterocycles. The number of aromatic hydroxyl groups is 2. The second kappa shape index (κ2) is 8.08. The van der Waals surface area contributed by atoms with Crippen LogP contribution in [0.1, 0.15) is 23.5 Å². The summed E-state index contributed by atoms with van der Waals surface area (Å²) in [5.74, 6) is 1.30. The van der Waals surface area contributed by atoms with Gasteiger partial charge in [0.05, 0.1) is 7.11 Å². The molecule has 120 valence electrons. The van der Waals surface area contributed by atoms with Crippen molar-refractivity contribution in [1.29, 1.82) is 0 Å². The van der Waals surface area contributed by atoms with Crippen LogP contribution in [-0.2, 0) is 6.42 Å². The van der Waals surface area contributed by atoms with Gasteiger partial charge < -0.3 is 14.9 Å². The van der Waals surface area contributed by atoms with Gasteiger partial charge in [0.15, 0.2) is 0 Å². The van der Waals surface area contributed by atoms with E-state index in [1.807, 2.05) is 30.4 Å². The van der Waals surface area contributed by atoms with Crippen LogP contribution in [0.3, 0.4) is 0 Å². The Hall–Kier alpha value is -2.68. The number of phenolic OH excluding ortho intramolecular Hbond substituents is 2. The molecule has 0 aliphatic rings. The molecule has 0 spiro atoms. The highest BCUT2D eigenvalue weighted by molar-refractivity contribution is 5.43. The highest BCUT2D eigenvalue weighted by Crippen LogP contribution is 2.33. The lowest BCUT2D eigenvalue weighted by Crippen LogP contribution is -1.99. The number of rotatable bonds is 7. The molecule has 2 aromatic rings. The Kier molecular flexibility index (Phi) is 5.87. The topological polar surface area (TPSA) is 49.7 Å². The van der Waals surface area contributed by atoms with Gasteiger partial charge >= 0.3 is 0 Å². The molecule has 23 heavy (non-hydrogen) atoms. The molecule has 0 bridgehead atoms. The van der Waals surface area contributed by atoms with E-state index in [2.05, 4.69) is 6.58 Å². The van der Waals surface area contributed by atoms with Crippen molar-refractivity contribution in [2.75, 3.05) is 7.11 Å². The lowest BCUT2D eigenvalue weighted by atomic mass is 9.91. The third-order valence-corrected chi connectivity index (χ3v) is 3.79. The number of allylic oxidation sites excluding steroid dienone is 3. The van der Waals surface area contributed by atoms with Crippen molar-refractivity contribution in [2.24, 2.45) is 0 Å². The monoisotopic (exact) mass is 310 g/mol. The largest absolute Gasteiger partial charge is 0.508 e. The van der Waals surface area contributed by atoms with E-state index in [0.717, 1.165) is 29.7 Å². The summed E-state index contributed by atoms with van der Waals surface area (Å²) >= 11 is 0. The van der Waals surface area contributed by atoms with Crippen LogP contribution in [0.4, 0.5) is 0 Å². The minimum atomic E-state index is 0.0527. The van der Waals surface area contributed by atoms with Crippen LogP contribution >= 0.6 is 0 Å². The third-order valence-electron chi connectivity index (χ3n) is 3.79. The summed E-state index contributed by atoms with van der Waals surface area (Å²) in [5.41, 5.74) is 1.98. The Morgan fingerprint density at radius 3 is 2.52 bits per heavy atom. The summed E-state index contributed by atoms with van der Waals surface area (Å²) in [6.45, 7) is 3.71. The fraction of sp³-hybridized carbons (Fsp3) is 0.200. The number of benzene rings is 2. The number of aryl methyl sites for hydroxylation is 1. The first kappa shape index (κ1) is 16.7. The predicted molar refractivity (Wildman–Crippen MR) is 93.2 cm³/mol. The van der Waals surface area contributed by atoms with Crippen LogP contribution in [0.25, 0.3) is 0 Å². The zero-order valence-electron chi connectivity index (χ0n) is 13.3. The molecule has 1 atom stereocenters. The first-order valence-electron chi connectivity index (χ1n) is 7.58. The number of methoxy groups -OCH3 is 1. The van der Waals surface area contributed by atoms with Gasteiger partial charge in [-0.15, -0.1) is 0 Å². The van der Waals surface area contributed by atoms with Gasteiger partial charge in [-0.1, -0.05) is 36.9 Å². The lowest BCUT2D eigenvalue weighted by molar-refractivity contribution is 0.410. The summed E-state index contributed by atoms with van der Waals surface area (Å²) in [5, 5.41) is 19.5. The SMILES string of the molecule is C=CC=C[C@H](CCc1ccc(O)cc1)c1cc(OC)ccc1O. The summed E-state index contributed by atoms with van der Waals surface area (Å²) < 4.78 is 5.26. The zero-order chi connectivity index (χ0) is 16.7. The van der Waals surface area contributed by atoms with Gasteiger partial charge in [0.1, 0.15) is 17.2 Å². The highest BCUT2D eigenvalue weighted by Gasteiger charge is 2.14. The van der Waals surface area contributed by atoms with E-state index < -0.39 is 0 Å². The summed E-state index contributed by atoms with van der Waals surface area (Å²) in [7, 11) is 1.61. The highest BCUT2D eigenvalue weighted by atomic mass is 16.5. The fourth-order valence-electron chi connectivity index (χ4n) is 2.51. The van der Waals surface area contributed by atoms with Crippen molar-refractivity contribution < 1.29 is 14.9 Å². The van der Waals surface area contributed by atoms with Gasteiger partial charge in [0, 0.05) is 11.5 Å². The molecule has 0 radical (unpaired) electrons. The molecule has 3 nitrogen and oxygen atoms in total. The van der Waals surface area contributed by atoms with Crippen molar-refractivity contribution in [2.45, 2.75) is 18.8 Å². The van der Waals surface area contributed by atoms with E-state index >= 15 is 0 Å². The maximum atomic E-state index is 10.2. The van der Waals surface area contributed by atoms with Gasteiger partial charge in [0.2, 0.25) is 0 Å². The maximum absolute atomic E-state index is 10.2. The Labute approximate surface area is 137 Å². The molecule has 3 heteroatoms. The van der Waals surface area contributed by atoms with Crippen LogP contribution in [-0.4, -0.2) is 17.3 Å². The number of phenols is 2. The van der Waals surface area contributed by atoms with E-state index in [9.17, 15) is 10.2 Å². The van der Waals surface area contributed by atoms with E-state index in [0.29, 0.717) is 0 Å². The molecule has 0 aliphatic heterocycles. The summed E-state index contributed by atoms with van der Waals surface area (Å²) in [4.78, 5) is 0. The van der Waals surface area contributed by atoms with Crippen molar-refractivity contribution >= 4 is 0 Å². The molecule has 0 unspecified atom stereocenters. The van der Waals surface area contributed by atoms with Gasteiger partial charge in [-0.2, -0.15) is 0 Å². The van der Waals surface area contributed by atoms with Crippen molar-refractivity contribution in [3.63, 3.8) is 0 Å². The summed E-state index contributed by atoms with van der Waals surface area (Å²) in [6, 6.07) is 12.5. The van der Waals surface area contributed by atoms with Crippen molar-refractivity contribution in [3.8, 4) is 17.2 Å². The van der Waals surface area contributed by atoms with Crippen molar-refractivity contribution in [1.82, 2.24) is 0 Å². The van der Waals surface area contributed by atoms with E-state index in [1.165, 1.54) is 0 Å². The lowest BCUT2D eigenvalue weighted by Gasteiger charge is -2.16. The smallest absolute Gasteiger partial charge is 0.119 e. The molecule has 2 aromatic carbocycles. The molecule has 0 fully saturated rings. The molecule has 0 saturated heterocycles. The Morgan fingerprint density at radius 1 is 1.13 bits per heavy atom. The van der Waals surface area contributed by atoms with Crippen molar-refractivity contribution in [3.05, 3.63) is 78.4 Å². The number of hydrogen-bond donors (Lipinski definition) is 2. The minimum absolute atomic E-state index is 0.0527. The Bertz CT molecular complexity index is 672. The minimum Gasteiger partial charge on any atom is -0.508 e. The second-order valence-electron chi connectivity index (χ2n) is 5.36. The first-order chi connectivity index (χ1) is 11.1. The summed E-state index contributed by atoms with van der Waals surface area (Å²) in [6.07, 6.45) is 7.31. The molecule has 0 saturated carbocycles. The van der Waals surface area contributed by atoms with Gasteiger partial charge in [-0.05, 0) is 48.7 Å². The molecular formula is C20H22O3. The maximum Gasteiger partial charge on any atom is 0.119 e. The van der Waals surface area contributed by atoms with Crippen LogP contribution in [0, 0.1) is 0 Å². The first-order valence-corrected chi connectivity index (χ1v) is 7.58. The molecule has 0 aliphatic carbocycles. The molecule has 0 amide bonds. The van der Waals surface area contributed by atoms with Gasteiger partial charge in [-0.25, -0.2) is 0 Å². The number of hydrogen-bond acceptors (Lipinski definition) is 3. The molecular weight excluding hydrogens is 288 g/mol. The molecule has 0 aromatic heterocycles. The van der Waals surface area contributed by atoms with Gasteiger partial charge in [-0.3, -0.25) is 0 Å². The van der Waals surface area contributed by atoms with Crippen LogP contribution in [0.5, 0.6) is 17.2 Å². The van der Waals surface area contributed by atoms with Crippen LogP contribution in [0.2, 0.25) is 0 Å². The average Bonchev–Trinajstić information content (AvgIpc) is 2.57. The number of ether oxygens (including phenoxy) is 1. The van der Waals surface area contributed by atoms with E-state index in [-0.39, 0.29) is 17.4 Å². The Balaban J connectivity index is 2.21. The normalized spacial score (nSPS) is 12.2. The van der Waals surface area contributed by atoms with Gasteiger partial charge in [0.25, 0.3) is 0 Å². The third kappa shape index (κ3) is 4.65. The van der Waals surface area contributed by atoms with Crippen LogP contribution in [0.15, 0.2) is 67.3 Å². The standard InChI is InChI=1S/C20H22O3/c1-3-4-5-16(9-6-15-7-10-17(21)11-8-15)19-14-18(23-2)12-13-20(19)22/h3-5,7-8,10-14,16,21-22H,1,6,9H2,2H3/t16-/m1/s1. The van der Waals surface area contributed by atoms with E-state index in [1.54, 1.807) is 37.5 Å². The quantitative estimate of drug-likeness (QED) is 0.737. The second-order valence-corrected chi connectivity index (χ2v) is 5.36. The van der Waals surface area contributed by atoms with E-state index in [4.69, 9.17) is 4.74 Å². The Morgan fingerprint density at radius 2 is 1.87 bits per heavy atom. The van der Waals surface area contributed by atoms with Crippen LogP contribution < -0.4 is 4.74 Å². The average molecular weight is 310 g/mol.